The molecule has 0 radical (unpaired) electrons. The second kappa shape index (κ2) is 5.49. The van der Waals surface area contributed by atoms with E-state index in [-0.39, 0.29) is 12.7 Å². The lowest BCUT2D eigenvalue weighted by Gasteiger charge is -2.20. The molecule has 0 saturated carbocycles. The van der Waals surface area contributed by atoms with Crippen molar-refractivity contribution in [3.63, 3.8) is 0 Å². The maximum absolute atomic E-state index is 8.97. The van der Waals surface area contributed by atoms with Gasteiger partial charge in [0.15, 0.2) is 0 Å². The summed E-state index contributed by atoms with van der Waals surface area (Å²) in [4.78, 5) is 5.18. The first-order valence-corrected chi connectivity index (χ1v) is 3.73. The van der Waals surface area contributed by atoms with E-state index in [1.54, 1.807) is 7.05 Å². The van der Waals surface area contributed by atoms with Gasteiger partial charge in [0.05, 0.1) is 25.4 Å². The molecule has 4 nitrogen and oxygen atoms in total. The van der Waals surface area contributed by atoms with Crippen LogP contribution < -0.4 is 0 Å². The van der Waals surface area contributed by atoms with E-state index >= 15 is 0 Å². The lowest BCUT2D eigenvalue weighted by molar-refractivity contribution is -0.184. The molecule has 0 aliphatic carbocycles. The SMILES string of the molecule is CC(C)ON(C)CC(O)CO. The Morgan fingerprint density at radius 1 is 1.45 bits per heavy atom. The fourth-order valence-corrected chi connectivity index (χ4v) is 0.757. The van der Waals surface area contributed by atoms with Gasteiger partial charge in [-0.25, -0.2) is 0 Å². The Labute approximate surface area is 67.3 Å². The zero-order valence-electron chi connectivity index (χ0n) is 7.32. The van der Waals surface area contributed by atoms with Crippen LogP contribution in [-0.2, 0) is 4.84 Å². The molecule has 68 valence electrons. The molecule has 0 bridgehead atoms. The molecule has 0 aliphatic rings. The van der Waals surface area contributed by atoms with Gasteiger partial charge in [-0.15, -0.1) is 0 Å². The Morgan fingerprint density at radius 2 is 2.00 bits per heavy atom. The van der Waals surface area contributed by atoms with Gasteiger partial charge in [-0.2, -0.15) is 5.06 Å². The van der Waals surface area contributed by atoms with E-state index in [1.165, 1.54) is 5.06 Å². The smallest absolute Gasteiger partial charge is 0.0920 e. The lowest BCUT2D eigenvalue weighted by Crippen LogP contribution is -2.33. The Morgan fingerprint density at radius 3 is 2.36 bits per heavy atom. The second-order valence-electron chi connectivity index (χ2n) is 2.80. The quantitative estimate of drug-likeness (QED) is 0.542. The monoisotopic (exact) mass is 163 g/mol. The van der Waals surface area contributed by atoms with Gasteiger partial charge in [0.1, 0.15) is 0 Å². The molecule has 0 aromatic rings. The van der Waals surface area contributed by atoms with Gasteiger partial charge in [-0.05, 0) is 13.8 Å². The van der Waals surface area contributed by atoms with Crippen molar-refractivity contribution in [2.24, 2.45) is 0 Å². The molecule has 0 fully saturated rings. The molecule has 0 heterocycles. The van der Waals surface area contributed by atoms with Crippen LogP contribution >= 0.6 is 0 Å². The summed E-state index contributed by atoms with van der Waals surface area (Å²) in [6, 6.07) is 0. The van der Waals surface area contributed by atoms with E-state index in [0.717, 1.165) is 0 Å². The summed E-state index contributed by atoms with van der Waals surface area (Å²) < 4.78 is 0. The molecule has 0 saturated heterocycles. The Hall–Kier alpha value is -0.160. The van der Waals surface area contributed by atoms with Crippen molar-refractivity contribution in [3.05, 3.63) is 0 Å². The molecule has 0 aliphatic heterocycles. The van der Waals surface area contributed by atoms with Crippen molar-refractivity contribution >= 4 is 0 Å². The molecule has 0 spiro atoms. The van der Waals surface area contributed by atoms with Crippen LogP contribution in [0.2, 0.25) is 0 Å². The van der Waals surface area contributed by atoms with Crippen LogP contribution in [0, 0.1) is 0 Å². The van der Waals surface area contributed by atoms with Gasteiger partial charge in [0.2, 0.25) is 0 Å². The number of likely N-dealkylation sites (N-methyl/N-ethyl adjacent to an activating group) is 1. The highest BCUT2D eigenvalue weighted by Gasteiger charge is 2.07. The molecule has 4 heteroatoms. The molecule has 2 N–H and O–H groups in total. The van der Waals surface area contributed by atoms with Crippen LogP contribution in [0.15, 0.2) is 0 Å². The van der Waals surface area contributed by atoms with Crippen molar-refractivity contribution in [2.45, 2.75) is 26.1 Å². The maximum atomic E-state index is 8.97. The largest absolute Gasteiger partial charge is 0.394 e. The van der Waals surface area contributed by atoms with Gasteiger partial charge in [-0.1, -0.05) is 0 Å². The van der Waals surface area contributed by atoms with Crippen LogP contribution in [0.3, 0.4) is 0 Å². The number of hydrogen-bond acceptors (Lipinski definition) is 4. The van der Waals surface area contributed by atoms with Gasteiger partial charge < -0.3 is 10.2 Å². The number of aliphatic hydroxyl groups excluding tert-OH is 2. The summed E-state index contributed by atoms with van der Waals surface area (Å²) >= 11 is 0. The minimum absolute atomic E-state index is 0.103. The third-order valence-corrected chi connectivity index (χ3v) is 1.07. The first kappa shape index (κ1) is 10.8. The Kier molecular flexibility index (Phi) is 5.41. The summed E-state index contributed by atoms with van der Waals surface area (Å²) in [5, 5.41) is 19.0. The first-order chi connectivity index (χ1) is 5.06. The van der Waals surface area contributed by atoms with Crippen molar-refractivity contribution in [3.8, 4) is 0 Å². The number of rotatable bonds is 5. The number of hydrogen-bond donors (Lipinski definition) is 2. The van der Waals surface area contributed by atoms with Gasteiger partial charge in [0.25, 0.3) is 0 Å². The van der Waals surface area contributed by atoms with Crippen molar-refractivity contribution in [1.82, 2.24) is 5.06 Å². The van der Waals surface area contributed by atoms with Crippen LogP contribution in [-0.4, -0.2) is 47.7 Å². The Bertz CT molecular complexity index is 97.7. The standard InChI is InChI=1S/C7H17NO3/c1-6(2)11-8(3)4-7(10)5-9/h6-7,9-10H,4-5H2,1-3H3. The fourth-order valence-electron chi connectivity index (χ4n) is 0.757. The minimum Gasteiger partial charge on any atom is -0.394 e. The third kappa shape index (κ3) is 6.25. The van der Waals surface area contributed by atoms with Gasteiger partial charge in [-0.3, -0.25) is 4.84 Å². The molecular formula is C7H17NO3. The number of aliphatic hydroxyl groups is 2. The van der Waals surface area contributed by atoms with E-state index in [1.807, 2.05) is 13.8 Å². The zero-order chi connectivity index (χ0) is 8.85. The molecule has 11 heavy (non-hydrogen) atoms. The van der Waals surface area contributed by atoms with Crippen molar-refractivity contribution in [2.75, 3.05) is 20.2 Å². The summed E-state index contributed by atoms with van der Waals surface area (Å²) in [5.41, 5.74) is 0. The first-order valence-electron chi connectivity index (χ1n) is 3.73. The van der Waals surface area contributed by atoms with Crippen molar-refractivity contribution < 1.29 is 15.1 Å². The highest BCUT2D eigenvalue weighted by atomic mass is 16.7. The van der Waals surface area contributed by atoms with E-state index < -0.39 is 6.10 Å². The normalized spacial score (nSPS) is 14.5. The molecule has 0 aromatic carbocycles. The average Bonchev–Trinajstić information content (AvgIpc) is 1.85. The Balaban J connectivity index is 3.43. The lowest BCUT2D eigenvalue weighted by atomic mass is 10.4. The number of nitrogens with zero attached hydrogens (tertiary/aromatic N) is 1. The van der Waals surface area contributed by atoms with Gasteiger partial charge >= 0.3 is 0 Å². The predicted molar refractivity (Wildman–Crippen MR) is 41.9 cm³/mol. The zero-order valence-corrected chi connectivity index (χ0v) is 7.32. The van der Waals surface area contributed by atoms with Crippen molar-refractivity contribution in [1.29, 1.82) is 0 Å². The van der Waals surface area contributed by atoms with Crippen LogP contribution in [0.1, 0.15) is 13.8 Å². The van der Waals surface area contributed by atoms with Crippen LogP contribution in [0.4, 0.5) is 0 Å². The molecule has 0 amide bonds. The highest BCUT2D eigenvalue weighted by molar-refractivity contribution is 4.53. The summed E-state index contributed by atoms with van der Waals surface area (Å²) in [6.45, 7) is 3.91. The molecule has 1 atom stereocenters. The van der Waals surface area contributed by atoms with Gasteiger partial charge in [0, 0.05) is 7.05 Å². The second-order valence-corrected chi connectivity index (χ2v) is 2.80. The molecule has 0 rings (SSSR count). The predicted octanol–water partition coefficient (Wildman–Crippen LogP) is -0.389. The van der Waals surface area contributed by atoms with E-state index in [2.05, 4.69) is 0 Å². The van der Waals surface area contributed by atoms with Crippen LogP contribution in [0.5, 0.6) is 0 Å². The number of hydroxylamine groups is 2. The fraction of sp³-hybridized carbons (Fsp3) is 1.00. The topological polar surface area (TPSA) is 52.9 Å². The summed E-state index contributed by atoms with van der Waals surface area (Å²) in [7, 11) is 1.72. The molecular weight excluding hydrogens is 146 g/mol. The van der Waals surface area contributed by atoms with E-state index in [0.29, 0.717) is 6.54 Å². The van der Waals surface area contributed by atoms with E-state index in [9.17, 15) is 0 Å². The summed E-state index contributed by atoms with van der Waals surface area (Å²) in [5.74, 6) is 0. The molecule has 1 unspecified atom stereocenters. The third-order valence-electron chi connectivity index (χ3n) is 1.07. The summed E-state index contributed by atoms with van der Waals surface area (Å²) in [6.07, 6.45) is -0.621. The van der Waals surface area contributed by atoms with E-state index in [4.69, 9.17) is 15.1 Å². The minimum atomic E-state index is -0.723. The highest BCUT2D eigenvalue weighted by Crippen LogP contribution is 1.94. The maximum Gasteiger partial charge on any atom is 0.0920 e. The van der Waals surface area contributed by atoms with Crippen LogP contribution in [0.25, 0.3) is 0 Å². The molecule has 0 aromatic heterocycles. The average molecular weight is 163 g/mol.